The maximum Gasteiger partial charge on any atom is 0.410 e. The second-order valence-electron chi connectivity index (χ2n) is 7.04. The Labute approximate surface area is 132 Å². The van der Waals surface area contributed by atoms with E-state index in [2.05, 4.69) is 6.92 Å². The quantitative estimate of drug-likeness (QED) is 0.913. The number of carbonyl (C=O) groups is 1. The molecule has 1 aliphatic heterocycles. The molecule has 4 nitrogen and oxygen atoms in total. The molecule has 0 bridgehead atoms. The van der Waals surface area contributed by atoms with Crippen molar-refractivity contribution in [2.24, 2.45) is 17.1 Å². The molecular formula is C18H26N2O2. The summed E-state index contributed by atoms with van der Waals surface area (Å²) in [5.74, 6) is 0.714. The SMILES string of the molecule is C[C@@H]1C[C@H](N)C2(CCN(C(=O)OCc3ccccc3)CC2)C1. The lowest BCUT2D eigenvalue weighted by atomic mass is 9.74. The monoisotopic (exact) mass is 302 g/mol. The number of rotatable bonds is 2. The zero-order valence-electron chi connectivity index (χ0n) is 13.3. The van der Waals surface area contributed by atoms with Crippen LogP contribution < -0.4 is 5.73 Å². The smallest absolute Gasteiger partial charge is 0.410 e. The Hall–Kier alpha value is -1.55. The van der Waals surface area contributed by atoms with Crippen LogP contribution in [0.25, 0.3) is 0 Å². The molecule has 1 aromatic carbocycles. The number of amides is 1. The van der Waals surface area contributed by atoms with Gasteiger partial charge in [0.25, 0.3) is 0 Å². The minimum Gasteiger partial charge on any atom is -0.445 e. The van der Waals surface area contributed by atoms with Gasteiger partial charge >= 0.3 is 6.09 Å². The van der Waals surface area contributed by atoms with E-state index < -0.39 is 0 Å². The maximum absolute atomic E-state index is 12.2. The van der Waals surface area contributed by atoms with Crippen molar-refractivity contribution < 1.29 is 9.53 Å². The largest absolute Gasteiger partial charge is 0.445 e. The Morgan fingerprint density at radius 3 is 2.59 bits per heavy atom. The lowest BCUT2D eigenvalue weighted by Gasteiger charge is -2.41. The summed E-state index contributed by atoms with van der Waals surface area (Å²) in [4.78, 5) is 14.0. The van der Waals surface area contributed by atoms with E-state index in [4.69, 9.17) is 10.5 Å². The molecule has 1 aliphatic carbocycles. The summed E-state index contributed by atoms with van der Waals surface area (Å²) in [6, 6.07) is 10.1. The van der Waals surface area contributed by atoms with Gasteiger partial charge < -0.3 is 15.4 Å². The van der Waals surface area contributed by atoms with E-state index in [1.54, 1.807) is 0 Å². The first kappa shape index (κ1) is 15.3. The molecule has 3 rings (SSSR count). The summed E-state index contributed by atoms with van der Waals surface area (Å²) >= 11 is 0. The van der Waals surface area contributed by atoms with E-state index >= 15 is 0 Å². The van der Waals surface area contributed by atoms with E-state index in [-0.39, 0.29) is 11.5 Å². The molecule has 2 aliphatic rings. The highest BCUT2D eigenvalue weighted by Gasteiger charge is 2.46. The first-order valence-electron chi connectivity index (χ1n) is 8.30. The molecular weight excluding hydrogens is 276 g/mol. The molecule has 1 aromatic rings. The average Bonchev–Trinajstić information content (AvgIpc) is 2.80. The van der Waals surface area contributed by atoms with Crippen LogP contribution in [0.4, 0.5) is 4.79 Å². The summed E-state index contributed by atoms with van der Waals surface area (Å²) in [6.45, 7) is 4.18. The minimum absolute atomic E-state index is 0.196. The Bertz CT molecular complexity index is 509. The zero-order valence-corrected chi connectivity index (χ0v) is 13.3. The third-order valence-electron chi connectivity index (χ3n) is 5.42. The molecule has 0 radical (unpaired) electrons. The average molecular weight is 302 g/mol. The molecule has 1 saturated heterocycles. The van der Waals surface area contributed by atoms with Gasteiger partial charge in [-0.1, -0.05) is 37.3 Å². The van der Waals surface area contributed by atoms with E-state index in [1.807, 2.05) is 35.2 Å². The van der Waals surface area contributed by atoms with E-state index in [0.29, 0.717) is 18.6 Å². The molecule has 4 heteroatoms. The predicted molar refractivity (Wildman–Crippen MR) is 86.2 cm³/mol. The van der Waals surface area contributed by atoms with Gasteiger partial charge in [0, 0.05) is 19.1 Å². The second-order valence-corrected chi connectivity index (χ2v) is 7.04. The Kier molecular flexibility index (Phi) is 4.39. The number of ether oxygens (including phenoxy) is 1. The standard InChI is InChI=1S/C18H26N2O2/c1-14-11-16(19)18(12-14)7-9-20(10-8-18)17(21)22-13-15-5-3-2-4-6-15/h2-6,14,16H,7-13,19H2,1H3/t14-,16+/m1/s1. The molecule has 1 saturated carbocycles. The number of nitrogens with two attached hydrogens (primary N) is 1. The second kappa shape index (κ2) is 6.29. The normalized spacial score (nSPS) is 27.1. The number of hydrogen-bond acceptors (Lipinski definition) is 3. The van der Waals surface area contributed by atoms with Crippen LogP contribution in [-0.4, -0.2) is 30.1 Å². The van der Waals surface area contributed by atoms with Crippen molar-refractivity contribution in [2.45, 2.75) is 45.3 Å². The molecule has 22 heavy (non-hydrogen) atoms. The Morgan fingerprint density at radius 2 is 2.00 bits per heavy atom. The number of carbonyl (C=O) groups excluding carboxylic acids is 1. The van der Waals surface area contributed by atoms with Crippen LogP contribution in [0.1, 0.15) is 38.2 Å². The third-order valence-corrected chi connectivity index (χ3v) is 5.42. The summed E-state index contributed by atoms with van der Waals surface area (Å²) in [7, 11) is 0. The highest BCUT2D eigenvalue weighted by atomic mass is 16.6. The van der Waals surface area contributed by atoms with Crippen molar-refractivity contribution >= 4 is 6.09 Å². The maximum atomic E-state index is 12.2. The molecule has 2 atom stereocenters. The van der Waals surface area contributed by atoms with Gasteiger partial charge in [-0.15, -0.1) is 0 Å². The van der Waals surface area contributed by atoms with E-state index in [0.717, 1.165) is 37.9 Å². The number of likely N-dealkylation sites (tertiary alicyclic amines) is 1. The van der Waals surface area contributed by atoms with Crippen molar-refractivity contribution in [3.63, 3.8) is 0 Å². The number of benzene rings is 1. The third kappa shape index (κ3) is 3.12. The summed E-state index contributed by atoms with van der Waals surface area (Å²) < 4.78 is 5.42. The summed E-state index contributed by atoms with van der Waals surface area (Å²) in [5, 5.41) is 0. The molecule has 2 fully saturated rings. The first-order valence-corrected chi connectivity index (χ1v) is 8.30. The fourth-order valence-corrected chi connectivity index (χ4v) is 4.13. The molecule has 1 heterocycles. The Morgan fingerprint density at radius 1 is 1.32 bits per heavy atom. The summed E-state index contributed by atoms with van der Waals surface area (Å²) in [6.07, 6.45) is 4.16. The first-order chi connectivity index (χ1) is 10.6. The fourth-order valence-electron chi connectivity index (χ4n) is 4.13. The minimum atomic E-state index is -0.196. The molecule has 2 N–H and O–H groups in total. The van der Waals surface area contributed by atoms with Crippen LogP contribution in [0.15, 0.2) is 30.3 Å². The van der Waals surface area contributed by atoms with Gasteiger partial charge in [0.05, 0.1) is 0 Å². The van der Waals surface area contributed by atoms with E-state index in [9.17, 15) is 4.79 Å². The zero-order chi connectivity index (χ0) is 15.6. The molecule has 0 unspecified atom stereocenters. The van der Waals surface area contributed by atoms with Gasteiger partial charge in [0.1, 0.15) is 6.61 Å². The van der Waals surface area contributed by atoms with Gasteiger partial charge in [-0.25, -0.2) is 4.79 Å². The lowest BCUT2D eigenvalue weighted by molar-refractivity contribution is 0.0570. The van der Waals surface area contributed by atoms with Crippen molar-refractivity contribution in [1.82, 2.24) is 4.90 Å². The van der Waals surface area contributed by atoms with Gasteiger partial charge in [-0.2, -0.15) is 0 Å². The van der Waals surface area contributed by atoms with Crippen LogP contribution in [-0.2, 0) is 11.3 Å². The van der Waals surface area contributed by atoms with Crippen LogP contribution >= 0.6 is 0 Å². The van der Waals surface area contributed by atoms with Crippen LogP contribution in [0.5, 0.6) is 0 Å². The van der Waals surface area contributed by atoms with Crippen molar-refractivity contribution in [1.29, 1.82) is 0 Å². The fraction of sp³-hybridized carbons (Fsp3) is 0.611. The lowest BCUT2D eigenvalue weighted by Crippen LogP contribution is -2.48. The van der Waals surface area contributed by atoms with E-state index in [1.165, 1.54) is 6.42 Å². The molecule has 1 spiro atoms. The van der Waals surface area contributed by atoms with Gasteiger partial charge in [-0.05, 0) is 42.6 Å². The highest BCUT2D eigenvalue weighted by molar-refractivity contribution is 5.67. The predicted octanol–water partition coefficient (Wildman–Crippen LogP) is 3.16. The molecule has 1 amide bonds. The highest BCUT2D eigenvalue weighted by Crippen LogP contribution is 2.47. The molecule has 0 aromatic heterocycles. The van der Waals surface area contributed by atoms with Crippen molar-refractivity contribution in [2.75, 3.05) is 13.1 Å². The van der Waals surface area contributed by atoms with Crippen molar-refractivity contribution in [3.05, 3.63) is 35.9 Å². The van der Waals surface area contributed by atoms with Crippen LogP contribution in [0.2, 0.25) is 0 Å². The van der Waals surface area contributed by atoms with Gasteiger partial charge in [-0.3, -0.25) is 0 Å². The summed E-state index contributed by atoms with van der Waals surface area (Å²) in [5.41, 5.74) is 7.64. The molecule has 120 valence electrons. The Balaban J connectivity index is 1.50. The number of piperidine rings is 1. The number of nitrogens with zero attached hydrogens (tertiary/aromatic N) is 1. The van der Waals surface area contributed by atoms with Crippen LogP contribution in [0, 0.1) is 11.3 Å². The number of hydrogen-bond donors (Lipinski definition) is 1. The van der Waals surface area contributed by atoms with Gasteiger partial charge in [0.2, 0.25) is 0 Å². The topological polar surface area (TPSA) is 55.6 Å². The van der Waals surface area contributed by atoms with Crippen LogP contribution in [0.3, 0.4) is 0 Å². The van der Waals surface area contributed by atoms with Gasteiger partial charge in [0.15, 0.2) is 0 Å². The van der Waals surface area contributed by atoms with Crippen molar-refractivity contribution in [3.8, 4) is 0 Å².